The van der Waals surface area contributed by atoms with Crippen molar-refractivity contribution < 1.29 is 13.9 Å². The zero-order valence-corrected chi connectivity index (χ0v) is 20.9. The number of benzene rings is 2. The fourth-order valence-corrected chi connectivity index (χ4v) is 5.26. The molecule has 4 aromatic rings. The summed E-state index contributed by atoms with van der Waals surface area (Å²) in [5.74, 6) is 0.634. The Kier molecular flexibility index (Phi) is 6.23. The Morgan fingerprint density at radius 3 is 2.37 bits per heavy atom. The summed E-state index contributed by atoms with van der Waals surface area (Å²) in [5, 5.41) is 1.19. The van der Waals surface area contributed by atoms with E-state index in [1.807, 2.05) is 18.2 Å². The molecule has 0 unspecified atom stereocenters. The molecule has 0 N–H and O–H groups in total. The van der Waals surface area contributed by atoms with Crippen molar-refractivity contribution in [1.82, 2.24) is 4.57 Å². The van der Waals surface area contributed by atoms with Gasteiger partial charge >= 0.3 is 5.97 Å². The third kappa shape index (κ3) is 4.38. The van der Waals surface area contributed by atoms with Crippen LogP contribution in [0.25, 0.3) is 17.4 Å². The van der Waals surface area contributed by atoms with Crippen molar-refractivity contribution in [2.45, 2.75) is 13.0 Å². The highest BCUT2D eigenvalue weighted by molar-refractivity contribution is 7.07. The zero-order chi connectivity index (χ0) is 24.7. The Morgan fingerprint density at radius 1 is 1.06 bits per heavy atom. The van der Waals surface area contributed by atoms with E-state index in [4.69, 9.17) is 32.4 Å². The Labute approximate surface area is 214 Å². The van der Waals surface area contributed by atoms with Crippen LogP contribution in [0.5, 0.6) is 0 Å². The summed E-state index contributed by atoms with van der Waals surface area (Å²) < 4.78 is 12.9. The lowest BCUT2D eigenvalue weighted by Crippen LogP contribution is -2.39. The van der Waals surface area contributed by atoms with Crippen LogP contribution in [0.4, 0.5) is 0 Å². The van der Waals surface area contributed by atoms with Crippen molar-refractivity contribution in [3.05, 3.63) is 113 Å². The van der Waals surface area contributed by atoms with Gasteiger partial charge < -0.3 is 9.15 Å². The van der Waals surface area contributed by atoms with Crippen molar-refractivity contribution in [3.8, 4) is 11.3 Å². The maximum Gasteiger partial charge on any atom is 0.338 e. The second-order valence-corrected chi connectivity index (χ2v) is 9.72. The van der Waals surface area contributed by atoms with Crippen molar-refractivity contribution in [2.24, 2.45) is 4.99 Å². The fraction of sp³-hybridized carbons (Fsp3) is 0.115. The molecule has 2 aromatic heterocycles. The molecule has 35 heavy (non-hydrogen) atoms. The van der Waals surface area contributed by atoms with E-state index < -0.39 is 12.0 Å². The van der Waals surface area contributed by atoms with Gasteiger partial charge in [-0.2, -0.15) is 0 Å². The van der Waals surface area contributed by atoms with Gasteiger partial charge in [0.2, 0.25) is 0 Å². The molecule has 0 saturated heterocycles. The first-order valence-electron chi connectivity index (χ1n) is 10.6. The summed E-state index contributed by atoms with van der Waals surface area (Å²) in [5.41, 5.74) is 2.10. The highest BCUT2D eigenvalue weighted by Gasteiger charge is 2.33. The molecule has 9 heteroatoms. The quantitative estimate of drug-likeness (QED) is 0.353. The van der Waals surface area contributed by atoms with Gasteiger partial charge in [-0.15, -0.1) is 0 Å². The van der Waals surface area contributed by atoms with E-state index >= 15 is 0 Å². The maximum absolute atomic E-state index is 13.6. The number of aromatic nitrogens is 1. The molecule has 0 bridgehead atoms. The van der Waals surface area contributed by atoms with Crippen LogP contribution in [0.1, 0.15) is 24.3 Å². The van der Waals surface area contributed by atoms with Gasteiger partial charge in [-0.3, -0.25) is 9.36 Å². The van der Waals surface area contributed by atoms with E-state index in [1.54, 1.807) is 55.5 Å². The van der Waals surface area contributed by atoms with Crippen molar-refractivity contribution >= 4 is 46.6 Å². The molecule has 0 fully saturated rings. The number of methoxy groups -OCH3 is 1. The van der Waals surface area contributed by atoms with E-state index in [9.17, 15) is 9.59 Å². The molecule has 0 spiro atoms. The number of fused-ring (bicyclic) bond motifs is 1. The lowest BCUT2D eigenvalue weighted by molar-refractivity contribution is -0.136. The molecule has 5 rings (SSSR count). The number of carbonyl (C=O) groups is 1. The highest BCUT2D eigenvalue weighted by atomic mass is 35.5. The van der Waals surface area contributed by atoms with Gasteiger partial charge in [0.15, 0.2) is 4.80 Å². The third-order valence-electron chi connectivity index (χ3n) is 5.64. The number of furan rings is 1. The Hall–Kier alpha value is -3.39. The number of allylic oxidation sites excluding steroid dienone is 1. The number of esters is 1. The minimum absolute atomic E-state index is 0.285. The van der Waals surface area contributed by atoms with E-state index in [-0.39, 0.29) is 5.56 Å². The number of hydrogen-bond acceptors (Lipinski definition) is 6. The standard InChI is InChI=1S/C26H18Cl2N2O4S/c1-14-22(25(32)33-2)23(16-5-9-18(28)10-6-16)30-24(31)21(35-26(30)29-14)13-19-11-12-20(34-19)15-3-7-17(27)8-4-15/h3-13,23H,1-2H3/b21-13+/t23-/m0/s1. The molecule has 1 aliphatic heterocycles. The molecular weight excluding hydrogens is 507 g/mol. The minimum Gasteiger partial charge on any atom is -0.466 e. The topological polar surface area (TPSA) is 73.8 Å². The lowest BCUT2D eigenvalue weighted by atomic mass is 9.96. The Bertz CT molecular complexity index is 1650. The SMILES string of the molecule is COC(=O)C1=C(C)N=c2s/c(=C/c3ccc(-c4ccc(Cl)cc4)o3)c(=O)n2[C@H]1c1ccc(Cl)cc1. The van der Waals surface area contributed by atoms with Crippen molar-refractivity contribution in [3.63, 3.8) is 0 Å². The van der Waals surface area contributed by atoms with Gasteiger partial charge in [0.25, 0.3) is 5.56 Å². The smallest absolute Gasteiger partial charge is 0.338 e. The van der Waals surface area contributed by atoms with Gasteiger partial charge in [-0.1, -0.05) is 46.7 Å². The molecule has 2 aromatic carbocycles. The van der Waals surface area contributed by atoms with Crippen LogP contribution in [0.15, 0.2) is 86.1 Å². The van der Waals surface area contributed by atoms with Gasteiger partial charge in [0.05, 0.1) is 29.0 Å². The first-order valence-corrected chi connectivity index (χ1v) is 12.1. The lowest BCUT2D eigenvalue weighted by Gasteiger charge is -2.24. The monoisotopic (exact) mass is 524 g/mol. The summed E-state index contributed by atoms with van der Waals surface area (Å²) in [6, 6.07) is 17.3. The fourth-order valence-electron chi connectivity index (χ4n) is 3.98. The van der Waals surface area contributed by atoms with Gasteiger partial charge in [-0.05, 0) is 61.0 Å². The van der Waals surface area contributed by atoms with Crippen LogP contribution >= 0.6 is 34.5 Å². The number of thiazole rings is 1. The van der Waals surface area contributed by atoms with Crippen LogP contribution in [0.2, 0.25) is 10.0 Å². The second-order valence-electron chi connectivity index (χ2n) is 7.83. The van der Waals surface area contributed by atoms with Crippen LogP contribution in [0, 0.1) is 0 Å². The molecule has 1 atom stereocenters. The molecule has 3 heterocycles. The van der Waals surface area contributed by atoms with E-state index in [0.29, 0.717) is 42.2 Å². The molecule has 0 saturated carbocycles. The molecule has 0 aliphatic carbocycles. The number of rotatable bonds is 4. The average molecular weight is 525 g/mol. The highest BCUT2D eigenvalue weighted by Crippen LogP contribution is 2.31. The van der Waals surface area contributed by atoms with E-state index in [0.717, 1.165) is 11.1 Å². The largest absolute Gasteiger partial charge is 0.466 e. The number of halogens is 2. The molecule has 0 radical (unpaired) electrons. The first kappa shape index (κ1) is 23.4. The number of ether oxygens (including phenoxy) is 1. The summed E-state index contributed by atoms with van der Waals surface area (Å²) in [7, 11) is 1.31. The summed E-state index contributed by atoms with van der Waals surface area (Å²) in [4.78, 5) is 31.3. The normalized spacial score (nSPS) is 15.7. The Balaban J connectivity index is 1.64. The van der Waals surface area contributed by atoms with Crippen molar-refractivity contribution in [1.29, 1.82) is 0 Å². The summed E-state index contributed by atoms with van der Waals surface area (Å²) in [6.45, 7) is 1.73. The summed E-state index contributed by atoms with van der Waals surface area (Å²) in [6.07, 6.45) is 1.68. The van der Waals surface area contributed by atoms with Gasteiger partial charge in [-0.25, -0.2) is 9.79 Å². The molecule has 0 amide bonds. The van der Waals surface area contributed by atoms with Gasteiger partial charge in [0.1, 0.15) is 11.5 Å². The second kappa shape index (κ2) is 9.34. The first-order chi connectivity index (χ1) is 16.9. The number of hydrogen-bond donors (Lipinski definition) is 0. The average Bonchev–Trinajstić information content (AvgIpc) is 3.43. The molecule has 6 nitrogen and oxygen atoms in total. The van der Waals surface area contributed by atoms with E-state index in [2.05, 4.69) is 4.99 Å². The van der Waals surface area contributed by atoms with Crippen LogP contribution in [-0.2, 0) is 9.53 Å². The molecular formula is C26H18Cl2N2O4S. The molecule has 1 aliphatic rings. The zero-order valence-electron chi connectivity index (χ0n) is 18.6. The van der Waals surface area contributed by atoms with Crippen LogP contribution in [0.3, 0.4) is 0 Å². The predicted octanol–water partition coefficient (Wildman–Crippen LogP) is 4.98. The number of nitrogens with zero attached hydrogens (tertiary/aromatic N) is 2. The molecule has 176 valence electrons. The van der Waals surface area contributed by atoms with Crippen LogP contribution in [-0.4, -0.2) is 17.6 Å². The minimum atomic E-state index is -0.695. The Morgan fingerprint density at radius 2 is 1.71 bits per heavy atom. The maximum atomic E-state index is 13.6. The third-order valence-corrected chi connectivity index (χ3v) is 7.13. The summed E-state index contributed by atoms with van der Waals surface area (Å²) >= 11 is 13.3. The van der Waals surface area contributed by atoms with Crippen LogP contribution < -0.4 is 14.9 Å². The van der Waals surface area contributed by atoms with Gasteiger partial charge in [0, 0.05) is 21.7 Å². The predicted molar refractivity (Wildman–Crippen MR) is 136 cm³/mol. The number of carbonyl (C=O) groups excluding carboxylic acids is 1. The van der Waals surface area contributed by atoms with E-state index in [1.165, 1.54) is 23.0 Å². The van der Waals surface area contributed by atoms with Crippen molar-refractivity contribution in [2.75, 3.05) is 7.11 Å².